The number of nitrogens with one attached hydrogen (secondary N) is 1. The van der Waals surface area contributed by atoms with Gasteiger partial charge < -0.3 is 15.2 Å². The smallest absolute Gasteiger partial charge is 0.412 e. The molecule has 0 saturated carbocycles. The van der Waals surface area contributed by atoms with Gasteiger partial charge in [-0.2, -0.15) is 9.59 Å². The molecule has 2 amide bonds. The minimum Gasteiger partial charge on any atom is -0.412 e. The van der Waals surface area contributed by atoms with Gasteiger partial charge in [-0.05, 0) is 41.5 Å². The molecule has 0 saturated heterocycles. The van der Waals surface area contributed by atoms with E-state index < -0.39 is 28.0 Å². The molecule has 1 rings (SSSR count). The Kier molecular flexibility index (Phi) is 4.48. The minimum atomic E-state index is -1.16. The standard InChI is InChI=1S/C14H23N4O4/c1-13(2,3)21-11(19)18(12(20)22-14(4,5)6)8-7-9(17-18)10(15)16/h7-8H,1-6H3,(H3,15,16)/q+1. The van der Waals surface area contributed by atoms with Crippen LogP contribution in [0.15, 0.2) is 17.4 Å². The maximum atomic E-state index is 12.5. The van der Waals surface area contributed by atoms with Crippen molar-refractivity contribution >= 4 is 23.7 Å². The molecule has 0 spiro atoms. The SMILES string of the molecule is CC(C)(C)OC(=O)[N+]1(C(=O)OC(C)(C)C)C=CC(C(=N)N)=N1. The summed E-state index contributed by atoms with van der Waals surface area (Å²) in [6.45, 7) is 10.0. The summed E-state index contributed by atoms with van der Waals surface area (Å²) in [6.07, 6.45) is 0.665. The molecule has 0 fully saturated rings. The number of amidine groups is 1. The predicted octanol–water partition coefficient (Wildman–Crippen LogP) is 2.49. The van der Waals surface area contributed by atoms with E-state index in [0.717, 1.165) is 0 Å². The van der Waals surface area contributed by atoms with Crippen LogP contribution in [0.1, 0.15) is 41.5 Å². The van der Waals surface area contributed by atoms with E-state index >= 15 is 0 Å². The van der Waals surface area contributed by atoms with Gasteiger partial charge in [-0.3, -0.25) is 5.41 Å². The van der Waals surface area contributed by atoms with Crippen molar-refractivity contribution in [2.24, 2.45) is 10.8 Å². The Morgan fingerprint density at radius 2 is 1.50 bits per heavy atom. The zero-order valence-corrected chi connectivity index (χ0v) is 13.8. The number of carbonyl (C=O) groups is 2. The van der Waals surface area contributed by atoms with Gasteiger partial charge in [-0.25, -0.2) is 0 Å². The molecule has 0 aromatic carbocycles. The van der Waals surface area contributed by atoms with Gasteiger partial charge in [0.05, 0.1) is 0 Å². The highest BCUT2D eigenvalue weighted by molar-refractivity contribution is 6.44. The molecule has 0 aliphatic carbocycles. The number of carbonyl (C=O) groups excluding carboxylic acids is 2. The van der Waals surface area contributed by atoms with Crippen LogP contribution in [0.2, 0.25) is 0 Å². The summed E-state index contributed by atoms with van der Waals surface area (Å²) in [7, 11) is 0. The van der Waals surface area contributed by atoms with Crippen LogP contribution in [0, 0.1) is 5.41 Å². The molecule has 8 heteroatoms. The fraction of sp³-hybridized carbons (Fsp3) is 0.571. The molecule has 8 nitrogen and oxygen atoms in total. The largest absolute Gasteiger partial charge is 0.560 e. The fourth-order valence-corrected chi connectivity index (χ4v) is 1.50. The third-order valence-corrected chi connectivity index (χ3v) is 2.33. The number of hydrogen-bond donors (Lipinski definition) is 2. The molecule has 22 heavy (non-hydrogen) atoms. The van der Waals surface area contributed by atoms with E-state index in [2.05, 4.69) is 5.10 Å². The molecule has 0 aromatic heterocycles. The van der Waals surface area contributed by atoms with Crippen molar-refractivity contribution in [1.82, 2.24) is 0 Å². The summed E-state index contributed by atoms with van der Waals surface area (Å²) < 4.78 is 9.34. The maximum absolute atomic E-state index is 12.5. The molecule has 0 unspecified atom stereocenters. The van der Waals surface area contributed by atoms with Gasteiger partial charge in [0, 0.05) is 10.7 Å². The third kappa shape index (κ3) is 4.14. The highest BCUT2D eigenvalue weighted by atomic mass is 16.6. The van der Waals surface area contributed by atoms with Crippen molar-refractivity contribution in [1.29, 1.82) is 5.41 Å². The van der Waals surface area contributed by atoms with E-state index in [4.69, 9.17) is 20.6 Å². The summed E-state index contributed by atoms with van der Waals surface area (Å²) in [5.74, 6) is -0.358. The Labute approximate surface area is 129 Å². The van der Waals surface area contributed by atoms with Gasteiger partial charge >= 0.3 is 12.2 Å². The number of amides is 2. The zero-order chi connectivity index (χ0) is 17.3. The van der Waals surface area contributed by atoms with Crippen molar-refractivity contribution in [3.63, 3.8) is 0 Å². The minimum absolute atomic E-state index is 0.0109. The van der Waals surface area contributed by atoms with Crippen LogP contribution in [0.3, 0.4) is 0 Å². The monoisotopic (exact) mass is 311 g/mol. The fourth-order valence-electron chi connectivity index (χ4n) is 1.50. The highest BCUT2D eigenvalue weighted by Gasteiger charge is 2.54. The molecular formula is C14H23N4O4+. The summed E-state index contributed by atoms with van der Waals surface area (Å²) in [5.41, 5.74) is 3.75. The van der Waals surface area contributed by atoms with Crippen molar-refractivity contribution < 1.29 is 23.7 Å². The zero-order valence-electron chi connectivity index (χ0n) is 13.8. The second kappa shape index (κ2) is 5.53. The van der Waals surface area contributed by atoms with Crippen LogP contribution in [0.5, 0.6) is 0 Å². The van der Waals surface area contributed by atoms with E-state index in [0.29, 0.717) is 0 Å². The topological polar surface area (TPSA) is 115 Å². The normalized spacial score (nSPS) is 16.9. The van der Waals surface area contributed by atoms with E-state index in [9.17, 15) is 9.59 Å². The van der Waals surface area contributed by atoms with Gasteiger partial charge in [0.1, 0.15) is 23.2 Å². The van der Waals surface area contributed by atoms with Crippen LogP contribution >= 0.6 is 0 Å². The first-order valence-electron chi connectivity index (χ1n) is 6.76. The molecule has 0 radical (unpaired) electrons. The van der Waals surface area contributed by atoms with Gasteiger partial charge in [0.2, 0.25) is 0 Å². The van der Waals surface area contributed by atoms with Crippen LogP contribution < -0.4 is 5.73 Å². The Hall–Kier alpha value is -2.22. The summed E-state index contributed by atoms with van der Waals surface area (Å²) in [6, 6.07) is 0. The first-order valence-corrected chi connectivity index (χ1v) is 6.76. The molecule has 1 aliphatic heterocycles. The number of rotatable bonds is 1. The van der Waals surface area contributed by atoms with Crippen LogP contribution in [-0.2, 0) is 9.47 Å². The maximum Gasteiger partial charge on any atom is 0.560 e. The molecule has 122 valence electrons. The lowest BCUT2D eigenvalue weighted by atomic mass is 10.2. The first kappa shape index (κ1) is 17.8. The predicted molar refractivity (Wildman–Crippen MR) is 81.2 cm³/mol. The van der Waals surface area contributed by atoms with Crippen molar-refractivity contribution in [2.75, 3.05) is 0 Å². The second-order valence-corrected chi connectivity index (χ2v) is 6.86. The number of imide groups is 1. The Morgan fingerprint density at radius 1 is 1.09 bits per heavy atom. The summed E-state index contributed by atoms with van der Waals surface area (Å²) in [5, 5.41) is 11.3. The average molecular weight is 311 g/mol. The summed E-state index contributed by atoms with van der Waals surface area (Å²) >= 11 is 0. The Balaban J connectivity index is 3.25. The molecular weight excluding hydrogens is 288 g/mol. The van der Waals surface area contributed by atoms with Gasteiger partial charge in [0.25, 0.3) is 0 Å². The molecule has 0 bridgehead atoms. The second-order valence-electron chi connectivity index (χ2n) is 6.86. The molecule has 1 aliphatic rings. The first-order chi connectivity index (χ1) is 9.77. The lowest BCUT2D eigenvalue weighted by Crippen LogP contribution is -2.52. The summed E-state index contributed by atoms with van der Waals surface area (Å²) in [4.78, 5) is 24.9. The molecule has 1 heterocycles. The van der Waals surface area contributed by atoms with Crippen molar-refractivity contribution in [3.8, 4) is 0 Å². The quantitative estimate of drug-likeness (QED) is 0.438. The number of hydrogen-bond acceptors (Lipinski definition) is 6. The number of quaternary nitrogens is 1. The number of ether oxygens (including phenoxy) is 2. The van der Waals surface area contributed by atoms with Crippen LogP contribution in [-0.4, -0.2) is 39.5 Å². The van der Waals surface area contributed by atoms with E-state index in [1.807, 2.05) is 0 Å². The van der Waals surface area contributed by atoms with Gasteiger partial charge in [0.15, 0.2) is 5.71 Å². The number of nitrogens with zero attached hydrogens (tertiary/aromatic N) is 2. The van der Waals surface area contributed by atoms with Crippen LogP contribution in [0.4, 0.5) is 9.59 Å². The molecule has 0 atom stereocenters. The lowest BCUT2D eigenvalue weighted by molar-refractivity contribution is -0.737. The Bertz CT molecular complexity index is 536. The van der Waals surface area contributed by atoms with Crippen molar-refractivity contribution in [2.45, 2.75) is 52.7 Å². The van der Waals surface area contributed by atoms with Gasteiger partial charge in [-0.15, -0.1) is 0 Å². The van der Waals surface area contributed by atoms with Crippen molar-refractivity contribution in [3.05, 3.63) is 12.3 Å². The lowest BCUT2D eigenvalue weighted by Gasteiger charge is -2.27. The van der Waals surface area contributed by atoms with Crippen LogP contribution in [0.25, 0.3) is 0 Å². The average Bonchev–Trinajstić information content (AvgIpc) is 2.70. The number of nitrogens with two attached hydrogens (primary N) is 1. The van der Waals surface area contributed by atoms with E-state index in [-0.39, 0.29) is 11.5 Å². The third-order valence-electron chi connectivity index (χ3n) is 2.33. The Morgan fingerprint density at radius 3 is 1.77 bits per heavy atom. The van der Waals surface area contributed by atoms with Gasteiger partial charge in [-0.1, -0.05) is 5.10 Å². The highest BCUT2D eigenvalue weighted by Crippen LogP contribution is 2.26. The van der Waals surface area contributed by atoms with E-state index in [1.54, 1.807) is 41.5 Å². The van der Waals surface area contributed by atoms with E-state index in [1.165, 1.54) is 12.3 Å². The molecule has 0 aromatic rings. The molecule has 3 N–H and O–H groups in total.